The molecule has 0 amide bonds. The minimum Gasteiger partial charge on any atom is -0.464 e. The molecule has 0 heterocycles. The van der Waals surface area contributed by atoms with Crippen LogP contribution >= 0.6 is 0 Å². The van der Waals surface area contributed by atoms with Gasteiger partial charge in [0.25, 0.3) is 0 Å². The normalized spacial score (nSPS) is 11.5. The zero-order valence-electron chi connectivity index (χ0n) is 12.1. The van der Waals surface area contributed by atoms with E-state index in [0.29, 0.717) is 5.56 Å². The number of benzene rings is 2. The third-order valence-corrected chi connectivity index (χ3v) is 3.26. The summed E-state index contributed by atoms with van der Waals surface area (Å²) in [6.45, 7) is 2.04. The molecule has 0 bridgehead atoms. The number of carbonyl (C=O) groups excluding carboxylic acids is 1. The standard InChI is InChI=1S/C17H18N2O2/c1-12(13-8-4-3-5-9-13)19-15-11-7-6-10-14(15)16(18)17(20)21-2/h3-12,18-19H,1-2H3. The smallest absolute Gasteiger partial charge is 0.356 e. The van der Waals surface area contributed by atoms with Crippen LogP contribution in [0, 0.1) is 5.41 Å². The average molecular weight is 282 g/mol. The Morgan fingerprint density at radius 1 is 1.10 bits per heavy atom. The number of para-hydroxylation sites is 1. The Kier molecular flexibility index (Phi) is 4.72. The topological polar surface area (TPSA) is 62.2 Å². The first-order valence-electron chi connectivity index (χ1n) is 6.71. The molecule has 1 atom stereocenters. The molecule has 0 aromatic heterocycles. The largest absolute Gasteiger partial charge is 0.464 e. The van der Waals surface area contributed by atoms with E-state index in [0.717, 1.165) is 11.3 Å². The zero-order chi connectivity index (χ0) is 15.2. The molecule has 0 aliphatic heterocycles. The number of ether oxygens (including phenoxy) is 1. The minimum absolute atomic E-state index is 0.0674. The van der Waals surface area contributed by atoms with Gasteiger partial charge in [0.2, 0.25) is 0 Å². The number of hydrogen-bond donors (Lipinski definition) is 2. The minimum atomic E-state index is -0.642. The van der Waals surface area contributed by atoms with Crippen LogP contribution in [0.1, 0.15) is 24.1 Å². The summed E-state index contributed by atoms with van der Waals surface area (Å²) in [5.74, 6) is -0.642. The molecule has 0 saturated heterocycles. The molecule has 2 aromatic rings. The Morgan fingerprint density at radius 2 is 1.71 bits per heavy atom. The lowest BCUT2D eigenvalue weighted by molar-refractivity contribution is -0.132. The van der Waals surface area contributed by atoms with E-state index in [1.54, 1.807) is 12.1 Å². The van der Waals surface area contributed by atoms with Gasteiger partial charge in [0.15, 0.2) is 0 Å². The predicted molar refractivity (Wildman–Crippen MR) is 83.8 cm³/mol. The highest BCUT2D eigenvalue weighted by Gasteiger charge is 2.16. The molecule has 0 aliphatic carbocycles. The number of anilines is 1. The van der Waals surface area contributed by atoms with Gasteiger partial charge in [-0.3, -0.25) is 5.41 Å². The molecule has 1 unspecified atom stereocenters. The van der Waals surface area contributed by atoms with Crippen LogP contribution in [0.4, 0.5) is 5.69 Å². The molecule has 108 valence electrons. The Hall–Kier alpha value is -2.62. The summed E-state index contributed by atoms with van der Waals surface area (Å²) in [5, 5.41) is 11.2. The van der Waals surface area contributed by atoms with Crippen molar-refractivity contribution in [3.63, 3.8) is 0 Å². The molecule has 21 heavy (non-hydrogen) atoms. The molecule has 0 aliphatic rings. The molecular formula is C17H18N2O2. The van der Waals surface area contributed by atoms with Gasteiger partial charge >= 0.3 is 5.97 Å². The van der Waals surface area contributed by atoms with Gasteiger partial charge in [-0.25, -0.2) is 4.79 Å². The van der Waals surface area contributed by atoms with Crippen molar-refractivity contribution in [2.24, 2.45) is 0 Å². The Balaban J connectivity index is 2.25. The van der Waals surface area contributed by atoms with E-state index >= 15 is 0 Å². The number of nitrogens with one attached hydrogen (secondary N) is 2. The summed E-state index contributed by atoms with van der Waals surface area (Å²) >= 11 is 0. The SMILES string of the molecule is COC(=O)C(=N)c1ccccc1NC(C)c1ccccc1. The van der Waals surface area contributed by atoms with E-state index in [2.05, 4.69) is 10.1 Å². The fourth-order valence-corrected chi connectivity index (χ4v) is 2.10. The van der Waals surface area contributed by atoms with Gasteiger partial charge < -0.3 is 10.1 Å². The molecule has 2 N–H and O–H groups in total. The molecule has 0 saturated carbocycles. The van der Waals surface area contributed by atoms with Crippen molar-refractivity contribution >= 4 is 17.4 Å². The van der Waals surface area contributed by atoms with Crippen molar-refractivity contribution in [2.45, 2.75) is 13.0 Å². The number of esters is 1. The Morgan fingerprint density at radius 3 is 2.38 bits per heavy atom. The van der Waals surface area contributed by atoms with Crippen molar-refractivity contribution in [3.05, 3.63) is 65.7 Å². The van der Waals surface area contributed by atoms with Gasteiger partial charge in [-0.2, -0.15) is 0 Å². The lowest BCUT2D eigenvalue weighted by Crippen LogP contribution is -2.18. The Bertz CT molecular complexity index is 638. The summed E-state index contributed by atoms with van der Waals surface area (Å²) in [4.78, 5) is 11.5. The van der Waals surface area contributed by atoms with E-state index < -0.39 is 5.97 Å². The van der Waals surface area contributed by atoms with Crippen molar-refractivity contribution in [1.82, 2.24) is 0 Å². The van der Waals surface area contributed by atoms with Gasteiger partial charge in [-0.05, 0) is 18.6 Å². The van der Waals surface area contributed by atoms with Gasteiger partial charge in [0.1, 0.15) is 5.71 Å². The molecule has 2 aromatic carbocycles. The molecule has 0 fully saturated rings. The third kappa shape index (κ3) is 3.48. The molecule has 4 nitrogen and oxygen atoms in total. The summed E-state index contributed by atoms with van der Waals surface area (Å²) in [6.07, 6.45) is 0. The quantitative estimate of drug-likeness (QED) is 0.652. The highest BCUT2D eigenvalue weighted by molar-refractivity contribution is 6.43. The summed E-state index contributed by atoms with van der Waals surface area (Å²) < 4.78 is 4.62. The van der Waals surface area contributed by atoms with Crippen molar-refractivity contribution < 1.29 is 9.53 Å². The fourth-order valence-electron chi connectivity index (χ4n) is 2.10. The van der Waals surface area contributed by atoms with Crippen molar-refractivity contribution in [2.75, 3.05) is 12.4 Å². The van der Waals surface area contributed by atoms with Crippen molar-refractivity contribution in [3.8, 4) is 0 Å². The van der Waals surface area contributed by atoms with E-state index in [9.17, 15) is 4.79 Å². The van der Waals surface area contributed by atoms with Gasteiger partial charge in [0, 0.05) is 17.3 Å². The first-order chi connectivity index (χ1) is 10.1. The van der Waals surface area contributed by atoms with Gasteiger partial charge in [-0.15, -0.1) is 0 Å². The van der Waals surface area contributed by atoms with E-state index in [-0.39, 0.29) is 11.8 Å². The monoisotopic (exact) mass is 282 g/mol. The number of hydrogen-bond acceptors (Lipinski definition) is 4. The third-order valence-electron chi connectivity index (χ3n) is 3.26. The second kappa shape index (κ2) is 6.70. The zero-order valence-corrected chi connectivity index (χ0v) is 12.1. The summed E-state index contributed by atoms with van der Waals surface area (Å²) in [6, 6.07) is 17.3. The number of methoxy groups -OCH3 is 1. The lowest BCUT2D eigenvalue weighted by atomic mass is 10.0. The summed E-state index contributed by atoms with van der Waals surface area (Å²) in [5.41, 5.74) is 2.26. The highest BCUT2D eigenvalue weighted by Crippen LogP contribution is 2.22. The molecular weight excluding hydrogens is 264 g/mol. The maximum absolute atomic E-state index is 11.5. The van der Waals surface area contributed by atoms with E-state index in [1.165, 1.54) is 7.11 Å². The lowest BCUT2D eigenvalue weighted by Gasteiger charge is -2.18. The first-order valence-corrected chi connectivity index (χ1v) is 6.71. The predicted octanol–water partition coefficient (Wildman–Crippen LogP) is 3.40. The van der Waals surface area contributed by atoms with Crippen LogP contribution in [0.25, 0.3) is 0 Å². The van der Waals surface area contributed by atoms with Crippen LogP contribution in [0.15, 0.2) is 54.6 Å². The second-order valence-electron chi connectivity index (χ2n) is 4.69. The van der Waals surface area contributed by atoms with Gasteiger partial charge in [0.05, 0.1) is 7.11 Å². The molecule has 2 rings (SSSR count). The average Bonchev–Trinajstić information content (AvgIpc) is 2.54. The molecule has 0 spiro atoms. The highest BCUT2D eigenvalue weighted by atomic mass is 16.5. The first kappa shape index (κ1) is 14.8. The maximum atomic E-state index is 11.5. The summed E-state index contributed by atoms with van der Waals surface area (Å²) in [7, 11) is 1.28. The number of rotatable bonds is 5. The van der Waals surface area contributed by atoms with Crippen molar-refractivity contribution in [1.29, 1.82) is 5.41 Å². The second-order valence-corrected chi connectivity index (χ2v) is 4.69. The molecule has 0 radical (unpaired) electrons. The van der Waals surface area contributed by atoms with Crippen LogP contribution in [0.2, 0.25) is 0 Å². The number of carbonyl (C=O) groups is 1. The van der Waals surface area contributed by atoms with Crippen LogP contribution in [-0.4, -0.2) is 18.8 Å². The van der Waals surface area contributed by atoms with Crippen LogP contribution in [-0.2, 0) is 9.53 Å². The van der Waals surface area contributed by atoms with E-state index in [4.69, 9.17) is 5.41 Å². The maximum Gasteiger partial charge on any atom is 0.356 e. The van der Waals surface area contributed by atoms with E-state index in [1.807, 2.05) is 49.4 Å². The Labute approximate surface area is 124 Å². The van der Waals surface area contributed by atoms with Crippen LogP contribution in [0.3, 0.4) is 0 Å². The van der Waals surface area contributed by atoms with Crippen LogP contribution < -0.4 is 5.32 Å². The van der Waals surface area contributed by atoms with Gasteiger partial charge in [-0.1, -0.05) is 48.5 Å². The van der Waals surface area contributed by atoms with Crippen LogP contribution in [0.5, 0.6) is 0 Å². The fraction of sp³-hybridized carbons (Fsp3) is 0.176. The molecule has 4 heteroatoms.